The lowest BCUT2D eigenvalue weighted by Crippen LogP contribution is -2.40. The van der Waals surface area contributed by atoms with Gasteiger partial charge in [0.2, 0.25) is 6.80 Å². The Morgan fingerprint density at radius 2 is 2.11 bits per heavy atom. The third-order valence-corrected chi connectivity index (χ3v) is 1.54. The molecule has 0 amide bonds. The Bertz CT molecular complexity index is 79.4. The zero-order chi connectivity index (χ0) is 7.33. The Kier molecular flexibility index (Phi) is 4.69. The van der Waals surface area contributed by atoms with Crippen molar-refractivity contribution in [3.63, 3.8) is 0 Å². The van der Waals surface area contributed by atoms with Gasteiger partial charge >= 0.3 is 0 Å². The molecule has 0 heterocycles. The van der Waals surface area contributed by atoms with Crippen LogP contribution in [0.2, 0.25) is 0 Å². The minimum Gasteiger partial charge on any atom is -0.310 e. The maximum atomic E-state index is 12.0. The van der Waals surface area contributed by atoms with Crippen LogP contribution in [0.4, 0.5) is 4.39 Å². The summed E-state index contributed by atoms with van der Waals surface area (Å²) in [5.74, 6) is 0. The quantitative estimate of drug-likeness (QED) is 0.414. The smallest absolute Gasteiger partial charge is 0.221 e. The van der Waals surface area contributed by atoms with Gasteiger partial charge in [-0.3, -0.25) is 0 Å². The van der Waals surface area contributed by atoms with E-state index in [0.717, 1.165) is 6.54 Å². The first-order valence-electron chi connectivity index (χ1n) is 2.74. The van der Waals surface area contributed by atoms with Crippen molar-refractivity contribution in [2.45, 2.75) is 0 Å². The molecular weight excluding hydrogens is 236 g/mol. The highest BCUT2D eigenvalue weighted by Gasteiger charge is 2.12. The van der Waals surface area contributed by atoms with E-state index in [1.54, 1.807) is 0 Å². The summed E-state index contributed by atoms with van der Waals surface area (Å²) in [4.78, 5) is 0. The first-order valence-corrected chi connectivity index (χ1v) is 3.62. The SMILES string of the molecule is C[N+](C)(CF)CCOI. The predicted octanol–water partition coefficient (Wildman–Crippen LogP) is 1.36. The molecule has 2 nitrogen and oxygen atoms in total. The zero-order valence-electron chi connectivity index (χ0n) is 5.73. The van der Waals surface area contributed by atoms with Crippen molar-refractivity contribution in [3.05, 3.63) is 0 Å². The van der Waals surface area contributed by atoms with Crippen LogP contribution in [0.3, 0.4) is 0 Å². The normalized spacial score (nSPS) is 12.0. The standard InChI is InChI=1S/C5H12FINO/c1-8(2,5-6)3-4-9-7/h3-5H2,1-2H3/q+1. The summed E-state index contributed by atoms with van der Waals surface area (Å²) >= 11 is 1.81. The molecule has 0 bridgehead atoms. The van der Waals surface area contributed by atoms with Crippen LogP contribution in [-0.4, -0.2) is 38.5 Å². The highest BCUT2D eigenvalue weighted by Crippen LogP contribution is 1.97. The number of hydrogen-bond acceptors (Lipinski definition) is 1. The molecular formula is C5H12FINO+. The lowest BCUT2D eigenvalue weighted by atomic mass is 10.5. The number of rotatable bonds is 4. The van der Waals surface area contributed by atoms with Gasteiger partial charge in [-0.25, -0.2) is 0 Å². The van der Waals surface area contributed by atoms with Crippen molar-refractivity contribution in [2.75, 3.05) is 34.0 Å². The van der Waals surface area contributed by atoms with Crippen molar-refractivity contribution in [1.82, 2.24) is 0 Å². The third kappa shape index (κ3) is 5.05. The van der Waals surface area contributed by atoms with E-state index in [1.807, 2.05) is 37.1 Å². The third-order valence-electron chi connectivity index (χ3n) is 1.10. The number of hydrogen-bond donors (Lipinski definition) is 0. The van der Waals surface area contributed by atoms with E-state index in [0.29, 0.717) is 11.1 Å². The topological polar surface area (TPSA) is 9.23 Å². The fourth-order valence-electron chi connectivity index (χ4n) is 0.341. The van der Waals surface area contributed by atoms with Crippen molar-refractivity contribution in [3.8, 4) is 0 Å². The van der Waals surface area contributed by atoms with E-state index >= 15 is 0 Å². The van der Waals surface area contributed by atoms with Gasteiger partial charge in [0, 0.05) is 0 Å². The Morgan fingerprint density at radius 1 is 1.56 bits per heavy atom. The lowest BCUT2D eigenvalue weighted by molar-refractivity contribution is -0.902. The molecule has 4 heteroatoms. The second-order valence-corrected chi connectivity index (χ2v) is 3.21. The highest BCUT2D eigenvalue weighted by molar-refractivity contribution is 14.1. The molecule has 0 aliphatic heterocycles. The molecule has 9 heavy (non-hydrogen) atoms. The average Bonchev–Trinajstić information content (AvgIpc) is 1.84. The first-order chi connectivity index (χ1) is 4.12. The maximum absolute atomic E-state index is 12.0. The molecule has 0 atom stereocenters. The van der Waals surface area contributed by atoms with Gasteiger partial charge in [-0.15, -0.1) is 0 Å². The van der Waals surface area contributed by atoms with E-state index in [2.05, 4.69) is 0 Å². The number of alkyl halides is 1. The van der Waals surface area contributed by atoms with Crippen LogP contribution in [0.25, 0.3) is 0 Å². The first kappa shape index (κ1) is 9.58. The average molecular weight is 248 g/mol. The monoisotopic (exact) mass is 248 g/mol. The Labute approximate surface area is 69.3 Å². The molecule has 0 radical (unpaired) electrons. The molecule has 0 aromatic rings. The minimum absolute atomic E-state index is 0.333. The van der Waals surface area contributed by atoms with E-state index < -0.39 is 0 Å². The van der Waals surface area contributed by atoms with E-state index in [-0.39, 0.29) is 6.80 Å². The van der Waals surface area contributed by atoms with Gasteiger partial charge < -0.3 is 7.55 Å². The summed E-state index contributed by atoms with van der Waals surface area (Å²) < 4.78 is 17.2. The molecule has 0 aromatic heterocycles. The van der Waals surface area contributed by atoms with Gasteiger partial charge in [-0.1, -0.05) is 0 Å². The van der Waals surface area contributed by atoms with Crippen molar-refractivity contribution in [1.29, 1.82) is 0 Å². The molecule has 0 saturated carbocycles. The molecule has 56 valence electrons. The predicted molar refractivity (Wildman–Crippen MR) is 42.9 cm³/mol. The highest BCUT2D eigenvalue weighted by atomic mass is 127. The zero-order valence-corrected chi connectivity index (χ0v) is 7.89. The van der Waals surface area contributed by atoms with Gasteiger partial charge in [-0.05, 0) is 0 Å². The summed E-state index contributed by atoms with van der Waals surface area (Å²) in [7, 11) is 3.66. The van der Waals surface area contributed by atoms with Crippen LogP contribution in [-0.2, 0) is 3.07 Å². The van der Waals surface area contributed by atoms with E-state index in [9.17, 15) is 4.39 Å². The number of likely N-dealkylation sites (N-methyl/N-ethyl adjacent to an activating group) is 1. The van der Waals surface area contributed by atoms with Crippen molar-refractivity contribution < 1.29 is 11.9 Å². The van der Waals surface area contributed by atoms with Crippen LogP contribution in [0.15, 0.2) is 0 Å². The molecule has 0 fully saturated rings. The van der Waals surface area contributed by atoms with Crippen molar-refractivity contribution in [2.24, 2.45) is 0 Å². The molecule has 0 aromatic carbocycles. The van der Waals surface area contributed by atoms with Crippen LogP contribution < -0.4 is 0 Å². The molecule has 0 aliphatic carbocycles. The summed E-state index contributed by atoms with van der Waals surface area (Å²) in [6.45, 7) is 0.997. The number of nitrogens with zero attached hydrogens (tertiary/aromatic N) is 1. The number of quaternary nitrogens is 1. The molecule has 0 aliphatic rings. The molecule has 0 saturated heterocycles. The summed E-state index contributed by atoms with van der Waals surface area (Å²) in [6, 6.07) is 0. The van der Waals surface area contributed by atoms with E-state index in [1.165, 1.54) is 0 Å². The molecule has 0 spiro atoms. The van der Waals surface area contributed by atoms with Gasteiger partial charge in [0.25, 0.3) is 0 Å². The van der Waals surface area contributed by atoms with Gasteiger partial charge in [0.1, 0.15) is 36.2 Å². The largest absolute Gasteiger partial charge is 0.310 e. The van der Waals surface area contributed by atoms with Crippen LogP contribution in [0.5, 0.6) is 0 Å². The second-order valence-electron chi connectivity index (χ2n) is 2.59. The molecule has 0 unspecified atom stereocenters. The fraction of sp³-hybridized carbons (Fsp3) is 1.00. The van der Waals surface area contributed by atoms with Gasteiger partial charge in [0.15, 0.2) is 0 Å². The Hall–Kier alpha value is 0.580. The number of halogens is 2. The second kappa shape index (κ2) is 4.40. The van der Waals surface area contributed by atoms with Crippen LogP contribution >= 0.6 is 23.0 Å². The molecule has 0 rings (SSSR count). The Balaban J connectivity index is 3.33. The van der Waals surface area contributed by atoms with Crippen molar-refractivity contribution >= 4 is 23.0 Å². The summed E-state index contributed by atoms with van der Waals surface area (Å²) in [5, 5.41) is 0. The summed E-state index contributed by atoms with van der Waals surface area (Å²) in [5.41, 5.74) is 0. The van der Waals surface area contributed by atoms with E-state index in [4.69, 9.17) is 3.07 Å². The Morgan fingerprint density at radius 3 is 2.44 bits per heavy atom. The van der Waals surface area contributed by atoms with Crippen LogP contribution in [0, 0.1) is 0 Å². The fourth-order valence-corrected chi connectivity index (χ4v) is 0.538. The maximum Gasteiger partial charge on any atom is 0.221 e. The summed E-state index contributed by atoms with van der Waals surface area (Å²) in [6.07, 6.45) is 0. The minimum atomic E-state index is -0.333. The van der Waals surface area contributed by atoms with Gasteiger partial charge in [-0.2, -0.15) is 4.39 Å². The lowest BCUT2D eigenvalue weighted by Gasteiger charge is -2.24. The molecule has 0 N–H and O–H groups in total. The van der Waals surface area contributed by atoms with Gasteiger partial charge in [0.05, 0.1) is 14.1 Å². The van der Waals surface area contributed by atoms with Crippen LogP contribution in [0.1, 0.15) is 0 Å².